The summed E-state index contributed by atoms with van der Waals surface area (Å²) in [5, 5.41) is 15.9. The SMILES string of the molecule is CC(=NNC(=O)CSc1nc2ccccc2c(=O)n1-c1ccc(C)cc1)c1cccc([N+](=O)[O-])c1. The van der Waals surface area contributed by atoms with Gasteiger partial charge in [0.15, 0.2) is 5.16 Å². The number of nitro groups is 1. The number of rotatable bonds is 7. The van der Waals surface area contributed by atoms with E-state index in [1.807, 2.05) is 31.2 Å². The summed E-state index contributed by atoms with van der Waals surface area (Å²) in [4.78, 5) is 40.9. The number of hydrazone groups is 1. The van der Waals surface area contributed by atoms with Crippen molar-refractivity contribution in [1.82, 2.24) is 15.0 Å². The molecule has 4 rings (SSSR count). The van der Waals surface area contributed by atoms with Gasteiger partial charge in [-0.05, 0) is 38.1 Å². The van der Waals surface area contributed by atoms with E-state index in [2.05, 4.69) is 15.5 Å². The molecular formula is C25H21N5O4S. The normalized spacial score (nSPS) is 11.4. The number of nitro benzene ring substituents is 1. The van der Waals surface area contributed by atoms with Crippen molar-refractivity contribution >= 4 is 40.0 Å². The van der Waals surface area contributed by atoms with E-state index in [1.54, 1.807) is 43.3 Å². The van der Waals surface area contributed by atoms with Crippen LogP contribution in [0, 0.1) is 17.0 Å². The van der Waals surface area contributed by atoms with Crippen LogP contribution in [0.25, 0.3) is 16.6 Å². The number of non-ortho nitro benzene ring substituents is 1. The lowest BCUT2D eigenvalue weighted by atomic mass is 10.1. The van der Waals surface area contributed by atoms with Crippen LogP contribution in [0.3, 0.4) is 0 Å². The van der Waals surface area contributed by atoms with E-state index in [4.69, 9.17) is 0 Å². The molecule has 0 atom stereocenters. The number of hydrogen-bond donors (Lipinski definition) is 1. The van der Waals surface area contributed by atoms with Crippen molar-refractivity contribution in [2.45, 2.75) is 19.0 Å². The molecule has 1 amide bonds. The van der Waals surface area contributed by atoms with Gasteiger partial charge in [-0.3, -0.25) is 24.3 Å². The number of benzene rings is 3. The highest BCUT2D eigenvalue weighted by Crippen LogP contribution is 2.21. The minimum atomic E-state index is -0.490. The van der Waals surface area contributed by atoms with Gasteiger partial charge in [0.1, 0.15) is 0 Å². The smallest absolute Gasteiger partial charge is 0.270 e. The Bertz CT molecular complexity index is 1510. The predicted molar refractivity (Wildman–Crippen MR) is 136 cm³/mol. The van der Waals surface area contributed by atoms with Crippen molar-refractivity contribution in [3.05, 3.63) is 104 Å². The lowest BCUT2D eigenvalue weighted by Gasteiger charge is -2.13. The Kier molecular flexibility index (Phi) is 7.02. The zero-order valence-electron chi connectivity index (χ0n) is 19.0. The van der Waals surface area contributed by atoms with Crippen LogP contribution in [0.2, 0.25) is 0 Å². The first kappa shape index (κ1) is 23.8. The number of nitrogens with zero attached hydrogens (tertiary/aromatic N) is 4. The number of thioether (sulfide) groups is 1. The van der Waals surface area contributed by atoms with Gasteiger partial charge in [-0.15, -0.1) is 0 Å². The van der Waals surface area contributed by atoms with Crippen LogP contribution in [0.1, 0.15) is 18.1 Å². The Labute approximate surface area is 204 Å². The number of nitrogens with one attached hydrogen (secondary N) is 1. The Balaban J connectivity index is 1.56. The van der Waals surface area contributed by atoms with Crippen LogP contribution < -0.4 is 11.0 Å². The molecule has 0 fully saturated rings. The number of hydrogen-bond acceptors (Lipinski definition) is 7. The highest BCUT2D eigenvalue weighted by molar-refractivity contribution is 7.99. The highest BCUT2D eigenvalue weighted by Gasteiger charge is 2.15. The summed E-state index contributed by atoms with van der Waals surface area (Å²) in [6, 6.07) is 20.6. The standard InChI is InChI=1S/C25H21N5O4S/c1-16-10-12-19(13-11-16)29-24(32)21-8-3-4-9-22(21)26-25(29)35-15-23(31)28-27-17(2)18-6-5-7-20(14-18)30(33)34/h3-14H,15H2,1-2H3,(H,28,31). The molecule has 35 heavy (non-hydrogen) atoms. The molecule has 0 aliphatic rings. The third kappa shape index (κ3) is 5.44. The number of aryl methyl sites for hydroxylation is 1. The molecule has 0 radical (unpaired) electrons. The van der Waals surface area contributed by atoms with E-state index >= 15 is 0 Å². The van der Waals surface area contributed by atoms with Gasteiger partial charge in [0.25, 0.3) is 17.2 Å². The van der Waals surface area contributed by atoms with Crippen LogP contribution >= 0.6 is 11.8 Å². The predicted octanol–water partition coefficient (Wildman–Crippen LogP) is 4.23. The third-order valence-electron chi connectivity index (χ3n) is 5.19. The number of aromatic nitrogens is 2. The molecule has 4 aromatic rings. The molecule has 0 saturated heterocycles. The minimum Gasteiger partial charge on any atom is -0.272 e. The lowest BCUT2D eigenvalue weighted by molar-refractivity contribution is -0.384. The van der Waals surface area contributed by atoms with Crippen molar-refractivity contribution in [3.63, 3.8) is 0 Å². The second kappa shape index (κ2) is 10.3. The topological polar surface area (TPSA) is 119 Å². The first-order valence-corrected chi connectivity index (χ1v) is 11.6. The molecule has 176 valence electrons. The summed E-state index contributed by atoms with van der Waals surface area (Å²) in [6.45, 7) is 3.60. The molecule has 0 aliphatic heterocycles. The number of carbonyl (C=O) groups is 1. The van der Waals surface area contributed by atoms with Gasteiger partial charge < -0.3 is 0 Å². The maximum Gasteiger partial charge on any atom is 0.270 e. The van der Waals surface area contributed by atoms with Gasteiger partial charge >= 0.3 is 0 Å². The fraction of sp³-hybridized carbons (Fsp3) is 0.120. The summed E-state index contributed by atoms with van der Waals surface area (Å²) in [7, 11) is 0. The van der Waals surface area contributed by atoms with Gasteiger partial charge in [-0.25, -0.2) is 10.4 Å². The summed E-state index contributed by atoms with van der Waals surface area (Å²) >= 11 is 1.12. The maximum absolute atomic E-state index is 13.3. The van der Waals surface area contributed by atoms with Gasteiger partial charge in [-0.2, -0.15) is 5.10 Å². The number of fused-ring (bicyclic) bond motifs is 1. The summed E-state index contributed by atoms with van der Waals surface area (Å²) < 4.78 is 1.50. The maximum atomic E-state index is 13.3. The van der Waals surface area contributed by atoms with E-state index in [-0.39, 0.29) is 17.0 Å². The molecule has 1 heterocycles. The summed E-state index contributed by atoms with van der Waals surface area (Å²) in [6.07, 6.45) is 0. The van der Waals surface area contributed by atoms with Gasteiger partial charge in [0.05, 0.1) is 33.0 Å². The molecule has 0 bridgehead atoms. The molecule has 10 heteroatoms. The van der Waals surface area contributed by atoms with Crippen molar-refractivity contribution in [3.8, 4) is 5.69 Å². The Morgan fingerprint density at radius 2 is 1.86 bits per heavy atom. The van der Waals surface area contributed by atoms with E-state index in [1.165, 1.54) is 16.7 Å². The summed E-state index contributed by atoms with van der Waals surface area (Å²) in [5.74, 6) is -0.444. The van der Waals surface area contributed by atoms with Crippen molar-refractivity contribution in [2.24, 2.45) is 5.10 Å². The zero-order chi connectivity index (χ0) is 24.9. The van der Waals surface area contributed by atoms with Gasteiger partial charge in [0.2, 0.25) is 0 Å². The average Bonchev–Trinajstić information content (AvgIpc) is 2.87. The molecule has 0 aliphatic carbocycles. The Hall–Kier alpha value is -4.31. The van der Waals surface area contributed by atoms with Crippen molar-refractivity contribution in [2.75, 3.05) is 5.75 Å². The molecule has 9 nitrogen and oxygen atoms in total. The first-order chi connectivity index (χ1) is 16.8. The average molecular weight is 488 g/mol. The van der Waals surface area contributed by atoms with Crippen LogP contribution in [0.15, 0.2) is 87.8 Å². The quantitative estimate of drug-likeness (QED) is 0.137. The van der Waals surface area contributed by atoms with E-state index in [0.717, 1.165) is 17.3 Å². The van der Waals surface area contributed by atoms with Crippen LogP contribution in [0.4, 0.5) is 5.69 Å². The molecule has 0 unspecified atom stereocenters. The van der Waals surface area contributed by atoms with E-state index < -0.39 is 10.8 Å². The van der Waals surface area contributed by atoms with Gasteiger partial charge in [0, 0.05) is 17.7 Å². The van der Waals surface area contributed by atoms with Crippen molar-refractivity contribution < 1.29 is 9.72 Å². The van der Waals surface area contributed by atoms with Gasteiger partial charge in [-0.1, -0.05) is 53.7 Å². The summed E-state index contributed by atoms with van der Waals surface area (Å²) in [5.41, 5.74) is 5.38. The second-order valence-electron chi connectivity index (χ2n) is 7.72. The molecule has 3 aromatic carbocycles. The Morgan fingerprint density at radius 1 is 1.11 bits per heavy atom. The zero-order valence-corrected chi connectivity index (χ0v) is 19.8. The fourth-order valence-corrected chi connectivity index (χ4v) is 4.15. The first-order valence-electron chi connectivity index (χ1n) is 10.6. The molecule has 1 aromatic heterocycles. The van der Waals surface area contributed by atoms with Crippen molar-refractivity contribution in [1.29, 1.82) is 0 Å². The molecule has 0 saturated carbocycles. The van der Waals surface area contributed by atoms with E-state index in [9.17, 15) is 19.7 Å². The Morgan fingerprint density at radius 3 is 2.60 bits per heavy atom. The largest absolute Gasteiger partial charge is 0.272 e. The fourth-order valence-electron chi connectivity index (χ4n) is 3.35. The number of para-hydroxylation sites is 1. The lowest BCUT2D eigenvalue weighted by Crippen LogP contribution is -2.24. The second-order valence-corrected chi connectivity index (χ2v) is 8.66. The van der Waals surface area contributed by atoms with Crippen LogP contribution in [-0.4, -0.2) is 31.8 Å². The highest BCUT2D eigenvalue weighted by atomic mass is 32.2. The number of amides is 1. The van der Waals surface area contributed by atoms with Crippen LogP contribution in [-0.2, 0) is 4.79 Å². The monoisotopic (exact) mass is 487 g/mol. The molecule has 0 spiro atoms. The number of carbonyl (C=O) groups excluding carboxylic acids is 1. The van der Waals surface area contributed by atoms with E-state index in [0.29, 0.717) is 33.0 Å². The van der Waals surface area contributed by atoms with Crippen LogP contribution in [0.5, 0.6) is 0 Å². The minimum absolute atomic E-state index is 0.0393. The molecular weight excluding hydrogens is 466 g/mol. The third-order valence-corrected chi connectivity index (χ3v) is 6.13. The molecule has 1 N–H and O–H groups in total.